The maximum absolute atomic E-state index is 13.5. The first kappa shape index (κ1) is 13.0. The molecule has 104 valence electrons. The molecule has 0 atom stereocenters. The summed E-state index contributed by atoms with van der Waals surface area (Å²) >= 11 is 0. The standard InChI is InChI=1S/C15H11FN4O/c16-11-5-1-2-6-12(11)19-15(21)13-7-3-8-14(18-13)20-10-4-9-17-20/h1-10H,(H,19,21). The van der Waals surface area contributed by atoms with Crippen LogP contribution in [0.3, 0.4) is 0 Å². The van der Waals surface area contributed by atoms with Crippen LogP contribution in [-0.4, -0.2) is 20.7 Å². The van der Waals surface area contributed by atoms with E-state index in [1.54, 1.807) is 53.5 Å². The van der Waals surface area contributed by atoms with Crippen LogP contribution in [0.15, 0.2) is 60.9 Å². The highest BCUT2D eigenvalue weighted by molar-refractivity contribution is 6.03. The molecule has 5 nitrogen and oxygen atoms in total. The van der Waals surface area contributed by atoms with Gasteiger partial charge in [-0.3, -0.25) is 4.79 Å². The molecule has 1 aromatic carbocycles. The lowest BCUT2D eigenvalue weighted by Crippen LogP contribution is -2.15. The molecule has 6 heteroatoms. The van der Waals surface area contributed by atoms with Gasteiger partial charge in [0.1, 0.15) is 11.5 Å². The number of amides is 1. The number of hydrogen-bond donors (Lipinski definition) is 1. The average Bonchev–Trinajstić information content (AvgIpc) is 3.04. The zero-order chi connectivity index (χ0) is 14.7. The highest BCUT2D eigenvalue weighted by Gasteiger charge is 2.11. The lowest BCUT2D eigenvalue weighted by molar-refractivity contribution is 0.102. The van der Waals surface area contributed by atoms with Crippen molar-refractivity contribution < 1.29 is 9.18 Å². The molecule has 0 radical (unpaired) electrons. The average molecular weight is 282 g/mol. The predicted molar refractivity (Wildman–Crippen MR) is 75.7 cm³/mol. The fourth-order valence-corrected chi connectivity index (χ4v) is 1.83. The molecule has 0 fully saturated rings. The molecule has 0 unspecified atom stereocenters. The number of carbonyl (C=O) groups excluding carboxylic acids is 1. The van der Waals surface area contributed by atoms with Gasteiger partial charge < -0.3 is 5.32 Å². The van der Waals surface area contributed by atoms with Gasteiger partial charge in [-0.05, 0) is 30.3 Å². The van der Waals surface area contributed by atoms with Crippen LogP contribution in [-0.2, 0) is 0 Å². The van der Waals surface area contributed by atoms with E-state index >= 15 is 0 Å². The molecule has 3 rings (SSSR count). The molecule has 0 spiro atoms. The van der Waals surface area contributed by atoms with E-state index in [1.165, 1.54) is 12.1 Å². The Morgan fingerprint density at radius 3 is 2.71 bits per heavy atom. The number of nitrogens with zero attached hydrogens (tertiary/aromatic N) is 3. The Morgan fingerprint density at radius 2 is 1.95 bits per heavy atom. The molecule has 1 N–H and O–H groups in total. The van der Waals surface area contributed by atoms with Crippen molar-refractivity contribution in [2.24, 2.45) is 0 Å². The summed E-state index contributed by atoms with van der Waals surface area (Å²) in [5, 5.41) is 6.54. The number of halogens is 1. The number of rotatable bonds is 3. The first-order chi connectivity index (χ1) is 10.2. The maximum atomic E-state index is 13.5. The molecule has 0 aliphatic carbocycles. The summed E-state index contributed by atoms with van der Waals surface area (Å²) in [6, 6.07) is 12.7. The SMILES string of the molecule is O=C(Nc1ccccc1F)c1cccc(-n2cccn2)n1. The number of anilines is 1. The number of aromatic nitrogens is 3. The van der Waals surface area contributed by atoms with Gasteiger partial charge in [0.2, 0.25) is 0 Å². The lowest BCUT2D eigenvalue weighted by Gasteiger charge is -2.07. The van der Waals surface area contributed by atoms with Crippen LogP contribution < -0.4 is 5.32 Å². The van der Waals surface area contributed by atoms with E-state index in [9.17, 15) is 9.18 Å². The number of carbonyl (C=O) groups is 1. The van der Waals surface area contributed by atoms with Crippen LogP contribution in [0.4, 0.5) is 10.1 Å². The minimum absolute atomic E-state index is 0.119. The Hall–Kier alpha value is -3.02. The van der Waals surface area contributed by atoms with Crippen LogP contribution >= 0.6 is 0 Å². The van der Waals surface area contributed by atoms with Gasteiger partial charge >= 0.3 is 0 Å². The first-order valence-electron chi connectivity index (χ1n) is 6.27. The highest BCUT2D eigenvalue weighted by atomic mass is 19.1. The van der Waals surface area contributed by atoms with E-state index in [2.05, 4.69) is 15.4 Å². The molecule has 3 aromatic rings. The topological polar surface area (TPSA) is 59.8 Å². The summed E-state index contributed by atoms with van der Waals surface area (Å²) in [7, 11) is 0. The molecule has 0 saturated carbocycles. The van der Waals surface area contributed by atoms with E-state index < -0.39 is 11.7 Å². The Labute approximate surface area is 120 Å². The van der Waals surface area contributed by atoms with E-state index in [-0.39, 0.29) is 11.4 Å². The molecule has 2 aromatic heterocycles. The van der Waals surface area contributed by atoms with Gasteiger partial charge in [-0.25, -0.2) is 14.1 Å². The van der Waals surface area contributed by atoms with Crippen molar-refractivity contribution in [2.75, 3.05) is 5.32 Å². The van der Waals surface area contributed by atoms with E-state index in [0.29, 0.717) is 5.82 Å². The number of pyridine rings is 1. The van der Waals surface area contributed by atoms with Crippen molar-refractivity contribution in [3.63, 3.8) is 0 Å². The first-order valence-corrected chi connectivity index (χ1v) is 6.27. The van der Waals surface area contributed by atoms with Crippen LogP contribution in [0.25, 0.3) is 5.82 Å². The maximum Gasteiger partial charge on any atom is 0.274 e. The molecule has 21 heavy (non-hydrogen) atoms. The summed E-state index contributed by atoms with van der Waals surface area (Å²) in [6.07, 6.45) is 3.34. The summed E-state index contributed by atoms with van der Waals surface area (Å²) < 4.78 is 15.1. The number of para-hydroxylation sites is 1. The van der Waals surface area contributed by atoms with E-state index in [1.807, 2.05) is 0 Å². The van der Waals surface area contributed by atoms with Crippen molar-refractivity contribution in [2.45, 2.75) is 0 Å². The largest absolute Gasteiger partial charge is 0.318 e. The van der Waals surface area contributed by atoms with Gasteiger partial charge in [0.15, 0.2) is 5.82 Å². The van der Waals surface area contributed by atoms with Gasteiger partial charge in [-0.15, -0.1) is 0 Å². The highest BCUT2D eigenvalue weighted by Crippen LogP contribution is 2.14. The predicted octanol–water partition coefficient (Wildman–Crippen LogP) is 2.66. The minimum atomic E-state index is -0.492. The smallest absolute Gasteiger partial charge is 0.274 e. The fraction of sp³-hybridized carbons (Fsp3) is 0. The van der Waals surface area contributed by atoms with Crippen molar-refractivity contribution in [3.8, 4) is 5.82 Å². The van der Waals surface area contributed by atoms with Crippen LogP contribution in [0, 0.1) is 5.82 Å². The molecule has 2 heterocycles. The second kappa shape index (κ2) is 5.54. The minimum Gasteiger partial charge on any atom is -0.318 e. The Kier molecular flexibility index (Phi) is 3.42. The second-order valence-corrected chi connectivity index (χ2v) is 4.27. The number of nitrogens with one attached hydrogen (secondary N) is 1. The second-order valence-electron chi connectivity index (χ2n) is 4.27. The van der Waals surface area contributed by atoms with Gasteiger partial charge in [0.25, 0.3) is 5.91 Å². The van der Waals surface area contributed by atoms with Crippen LogP contribution in [0.5, 0.6) is 0 Å². The van der Waals surface area contributed by atoms with Crippen molar-refractivity contribution in [1.82, 2.24) is 14.8 Å². The molecule has 0 aliphatic rings. The van der Waals surface area contributed by atoms with Crippen LogP contribution in [0.2, 0.25) is 0 Å². The Balaban J connectivity index is 1.85. The third-order valence-corrected chi connectivity index (χ3v) is 2.83. The van der Waals surface area contributed by atoms with E-state index in [0.717, 1.165) is 0 Å². The van der Waals surface area contributed by atoms with Crippen molar-refractivity contribution >= 4 is 11.6 Å². The zero-order valence-corrected chi connectivity index (χ0v) is 10.9. The van der Waals surface area contributed by atoms with Crippen molar-refractivity contribution in [1.29, 1.82) is 0 Å². The van der Waals surface area contributed by atoms with E-state index in [4.69, 9.17) is 0 Å². The summed E-state index contributed by atoms with van der Waals surface area (Å²) in [5.41, 5.74) is 0.306. The van der Waals surface area contributed by atoms with Gasteiger partial charge in [0, 0.05) is 12.4 Å². The van der Waals surface area contributed by atoms with Gasteiger partial charge in [0.05, 0.1) is 5.69 Å². The normalized spacial score (nSPS) is 10.3. The summed E-state index contributed by atoms with van der Waals surface area (Å²) in [5.74, 6) is -0.454. The monoisotopic (exact) mass is 282 g/mol. The molecule has 0 aliphatic heterocycles. The molecular weight excluding hydrogens is 271 g/mol. The summed E-state index contributed by atoms with van der Waals surface area (Å²) in [4.78, 5) is 16.3. The molecule has 0 saturated heterocycles. The molecule has 0 bridgehead atoms. The lowest BCUT2D eigenvalue weighted by atomic mass is 10.2. The van der Waals surface area contributed by atoms with Crippen molar-refractivity contribution in [3.05, 3.63) is 72.4 Å². The van der Waals surface area contributed by atoms with Crippen LogP contribution in [0.1, 0.15) is 10.5 Å². The molecule has 1 amide bonds. The van der Waals surface area contributed by atoms with Gasteiger partial charge in [-0.1, -0.05) is 18.2 Å². The number of hydrogen-bond acceptors (Lipinski definition) is 3. The number of benzene rings is 1. The Morgan fingerprint density at radius 1 is 1.10 bits per heavy atom. The quantitative estimate of drug-likeness (QED) is 0.803. The molecular formula is C15H11FN4O. The zero-order valence-electron chi connectivity index (χ0n) is 10.9. The summed E-state index contributed by atoms with van der Waals surface area (Å²) in [6.45, 7) is 0. The third-order valence-electron chi connectivity index (χ3n) is 2.83. The fourth-order valence-electron chi connectivity index (χ4n) is 1.83. The Bertz CT molecular complexity index is 771. The third kappa shape index (κ3) is 2.79. The van der Waals surface area contributed by atoms with Gasteiger partial charge in [-0.2, -0.15) is 5.10 Å².